The van der Waals surface area contributed by atoms with Crippen molar-refractivity contribution in [2.75, 3.05) is 5.88 Å². The van der Waals surface area contributed by atoms with Gasteiger partial charge in [0.1, 0.15) is 6.10 Å². The predicted molar refractivity (Wildman–Crippen MR) is 144 cm³/mol. The van der Waals surface area contributed by atoms with Gasteiger partial charge in [-0.15, -0.1) is 11.6 Å². The van der Waals surface area contributed by atoms with Crippen LogP contribution in [0.3, 0.4) is 0 Å². The van der Waals surface area contributed by atoms with Crippen molar-refractivity contribution >= 4 is 17.6 Å². The Hall–Kier alpha value is -0.540. The molecule has 0 aromatic heterocycles. The Morgan fingerprint density at radius 2 is 1.91 bits per heavy atom. The average Bonchev–Trinajstić information content (AvgIpc) is 3.15. The number of aliphatic hydroxyl groups excluding tert-OH is 1. The summed E-state index contributed by atoms with van der Waals surface area (Å²) in [5.74, 6) is 4.79. The third-order valence-corrected chi connectivity index (χ3v) is 11.4. The van der Waals surface area contributed by atoms with Crippen LogP contribution in [-0.2, 0) is 9.53 Å². The minimum atomic E-state index is -0.409. The third kappa shape index (κ3) is 5.25. The molecular weight excluding hydrogens is 456 g/mol. The van der Waals surface area contributed by atoms with Crippen molar-refractivity contribution in [2.45, 2.75) is 124 Å². The Bertz CT molecular complexity index is 777. The van der Waals surface area contributed by atoms with Gasteiger partial charge in [0.15, 0.2) is 0 Å². The number of ether oxygens (including phenoxy) is 1. The highest BCUT2D eigenvalue weighted by molar-refractivity contribution is 6.17. The van der Waals surface area contributed by atoms with Gasteiger partial charge in [-0.3, -0.25) is 4.79 Å². The number of hydrogen-bond acceptors (Lipinski definition) is 3. The maximum atomic E-state index is 12.7. The molecule has 0 bridgehead atoms. The molecule has 1 unspecified atom stereocenters. The van der Waals surface area contributed by atoms with Gasteiger partial charge >= 0.3 is 5.97 Å². The zero-order valence-corrected chi connectivity index (χ0v) is 23.8. The highest BCUT2D eigenvalue weighted by Crippen LogP contribution is 2.67. The van der Waals surface area contributed by atoms with Crippen molar-refractivity contribution in [1.29, 1.82) is 0 Å². The molecule has 3 fully saturated rings. The van der Waals surface area contributed by atoms with Crippen LogP contribution in [0, 0.1) is 46.3 Å². The molecule has 35 heavy (non-hydrogen) atoms. The fourth-order valence-corrected chi connectivity index (χ4v) is 9.43. The highest BCUT2D eigenvalue weighted by Gasteiger charge is 2.61. The van der Waals surface area contributed by atoms with Crippen LogP contribution in [0.1, 0.15) is 112 Å². The van der Waals surface area contributed by atoms with Crippen molar-refractivity contribution < 1.29 is 14.6 Å². The summed E-state index contributed by atoms with van der Waals surface area (Å²) >= 11 is 5.82. The zero-order chi connectivity index (χ0) is 25.4. The van der Waals surface area contributed by atoms with Gasteiger partial charge in [0.2, 0.25) is 0 Å². The highest BCUT2D eigenvalue weighted by atomic mass is 35.5. The minimum Gasteiger partial charge on any atom is -0.461 e. The number of carbonyl (C=O) groups is 1. The maximum Gasteiger partial charge on any atom is 0.306 e. The minimum absolute atomic E-state index is 0.138. The molecule has 0 aromatic carbocycles. The van der Waals surface area contributed by atoms with E-state index in [-0.39, 0.29) is 17.5 Å². The second kappa shape index (κ2) is 11.1. The van der Waals surface area contributed by atoms with Crippen LogP contribution in [0.4, 0.5) is 0 Å². The lowest BCUT2D eigenvalue weighted by Gasteiger charge is -2.60. The van der Waals surface area contributed by atoms with E-state index in [0.717, 1.165) is 36.5 Å². The summed E-state index contributed by atoms with van der Waals surface area (Å²) in [4.78, 5) is 12.7. The van der Waals surface area contributed by atoms with Gasteiger partial charge in [-0.1, -0.05) is 65.5 Å². The number of rotatable bonds is 9. The summed E-state index contributed by atoms with van der Waals surface area (Å²) in [6.45, 7) is 12.2. The molecule has 0 radical (unpaired) electrons. The van der Waals surface area contributed by atoms with Crippen molar-refractivity contribution in [2.24, 2.45) is 46.3 Å². The van der Waals surface area contributed by atoms with E-state index in [4.69, 9.17) is 16.3 Å². The molecule has 0 amide bonds. The van der Waals surface area contributed by atoms with Gasteiger partial charge < -0.3 is 9.84 Å². The summed E-state index contributed by atoms with van der Waals surface area (Å²) in [6.07, 6.45) is 14.7. The molecule has 3 nitrogen and oxygen atoms in total. The molecule has 0 aliphatic heterocycles. The van der Waals surface area contributed by atoms with E-state index in [1.165, 1.54) is 50.5 Å². The lowest BCUT2D eigenvalue weighted by molar-refractivity contribution is -0.169. The number of alkyl halides is 1. The summed E-state index contributed by atoms with van der Waals surface area (Å²) in [5, 5.41) is 10.7. The van der Waals surface area contributed by atoms with Gasteiger partial charge in [0.25, 0.3) is 0 Å². The van der Waals surface area contributed by atoms with Crippen LogP contribution >= 0.6 is 11.6 Å². The number of halogens is 1. The Kier molecular flexibility index (Phi) is 8.69. The van der Waals surface area contributed by atoms with Crippen LogP contribution in [-0.4, -0.2) is 29.2 Å². The van der Waals surface area contributed by atoms with Gasteiger partial charge in [-0.05, 0) is 85.9 Å². The summed E-state index contributed by atoms with van der Waals surface area (Å²) in [6, 6.07) is 0. The second-order valence-electron chi connectivity index (χ2n) is 13.5. The van der Waals surface area contributed by atoms with Gasteiger partial charge in [-0.25, -0.2) is 0 Å². The molecule has 4 rings (SSSR count). The number of esters is 1. The first-order chi connectivity index (χ1) is 16.6. The molecular formula is C31H51ClO3. The van der Waals surface area contributed by atoms with Crippen molar-refractivity contribution in [3.8, 4) is 0 Å². The zero-order valence-electron chi connectivity index (χ0n) is 23.0. The maximum absolute atomic E-state index is 12.7. The first kappa shape index (κ1) is 27.5. The molecule has 3 saturated carbocycles. The fraction of sp³-hybridized carbons (Fsp3) is 0.903. The lowest BCUT2D eigenvalue weighted by atomic mass is 9.46. The number of allylic oxidation sites excluding steroid dienone is 1. The first-order valence-electron chi connectivity index (χ1n) is 14.7. The number of hydrogen-bond donors (Lipinski definition) is 1. The van der Waals surface area contributed by atoms with Crippen molar-refractivity contribution in [3.63, 3.8) is 0 Å². The van der Waals surface area contributed by atoms with E-state index in [9.17, 15) is 9.90 Å². The van der Waals surface area contributed by atoms with Crippen LogP contribution in [0.2, 0.25) is 0 Å². The normalized spacial score (nSPS) is 41.5. The topological polar surface area (TPSA) is 46.5 Å². The van der Waals surface area contributed by atoms with Crippen LogP contribution in [0.25, 0.3) is 0 Å². The lowest BCUT2D eigenvalue weighted by Crippen LogP contribution is -2.56. The molecule has 0 heterocycles. The molecule has 4 aliphatic carbocycles. The second-order valence-corrected chi connectivity index (χ2v) is 13.9. The number of aliphatic hydroxyl groups is 1. The van der Waals surface area contributed by atoms with E-state index >= 15 is 0 Å². The standard InChI is InChI=1S/C31H51ClO3/c1-20(2)8-6-9-21(3)25-13-14-26-24-12-11-22-18-23(33)19-28(35-29(34)10-7-17-32)31(22,5)27(24)15-16-30(25,26)4/h11,20-21,23-28,33H,6-10,12-19H2,1-5H3/t21-,23-,24+,25-,26+,27+,28?,30-,31+/m1/s1. The summed E-state index contributed by atoms with van der Waals surface area (Å²) in [7, 11) is 0. The quantitative estimate of drug-likeness (QED) is 0.196. The van der Waals surface area contributed by atoms with E-state index < -0.39 is 6.10 Å². The van der Waals surface area contributed by atoms with E-state index in [0.29, 0.717) is 42.4 Å². The van der Waals surface area contributed by atoms with E-state index in [2.05, 4.69) is 40.7 Å². The smallest absolute Gasteiger partial charge is 0.306 e. The van der Waals surface area contributed by atoms with Crippen molar-refractivity contribution in [1.82, 2.24) is 0 Å². The molecule has 0 saturated heterocycles. The van der Waals surface area contributed by atoms with Crippen LogP contribution in [0.15, 0.2) is 11.6 Å². The summed E-state index contributed by atoms with van der Waals surface area (Å²) < 4.78 is 6.15. The third-order valence-electron chi connectivity index (χ3n) is 11.1. The van der Waals surface area contributed by atoms with Gasteiger partial charge in [0, 0.05) is 24.1 Å². The number of fused-ring (bicyclic) bond motifs is 5. The Morgan fingerprint density at radius 1 is 1.14 bits per heavy atom. The molecule has 9 atom stereocenters. The monoisotopic (exact) mass is 506 g/mol. The molecule has 4 heteroatoms. The van der Waals surface area contributed by atoms with Crippen LogP contribution in [0.5, 0.6) is 0 Å². The molecule has 0 spiro atoms. The average molecular weight is 507 g/mol. The predicted octanol–water partition coefficient (Wildman–Crippen LogP) is 7.93. The Labute approximate surface area is 219 Å². The van der Waals surface area contributed by atoms with E-state index in [1.54, 1.807) is 0 Å². The SMILES string of the molecule is CC(C)CCC[C@@H](C)[C@H]1CC[C@H]2[C@@H]3CC=C4C[C@@H](O)CC(OC(=O)CCCCl)[C@]4(C)[C@H]3CC[C@]12C. The summed E-state index contributed by atoms with van der Waals surface area (Å²) in [5.41, 5.74) is 1.66. The molecule has 0 aromatic rings. The molecule has 4 aliphatic rings. The fourth-order valence-electron chi connectivity index (χ4n) is 9.30. The van der Waals surface area contributed by atoms with Crippen LogP contribution < -0.4 is 0 Å². The van der Waals surface area contributed by atoms with Gasteiger partial charge in [0.05, 0.1) is 6.10 Å². The van der Waals surface area contributed by atoms with Gasteiger partial charge in [-0.2, -0.15) is 0 Å². The number of carbonyl (C=O) groups excluding carboxylic acids is 1. The van der Waals surface area contributed by atoms with E-state index in [1.807, 2.05) is 0 Å². The van der Waals surface area contributed by atoms with Crippen molar-refractivity contribution in [3.05, 3.63) is 11.6 Å². The largest absolute Gasteiger partial charge is 0.461 e. The molecule has 200 valence electrons. The Balaban J connectivity index is 1.52. The Morgan fingerprint density at radius 3 is 2.63 bits per heavy atom. The first-order valence-corrected chi connectivity index (χ1v) is 15.3. The molecule has 1 N–H and O–H groups in total.